The number of allylic oxidation sites excluding steroid dienone is 1. The van der Waals surface area contributed by atoms with Gasteiger partial charge in [0.25, 0.3) is 0 Å². The number of thioether (sulfide) groups is 1. The largest absolute Gasteiger partial charge is 0.493 e. The van der Waals surface area contributed by atoms with Crippen LogP contribution in [0.4, 0.5) is 0 Å². The lowest BCUT2D eigenvalue weighted by Gasteiger charge is -2.12. The number of hydrogen-bond donors (Lipinski definition) is 1. The Morgan fingerprint density at radius 1 is 1.20 bits per heavy atom. The third-order valence-electron chi connectivity index (χ3n) is 4.65. The summed E-state index contributed by atoms with van der Waals surface area (Å²) in [5.41, 5.74) is 3.09. The first kappa shape index (κ1) is 20.4. The number of ether oxygens (including phenoxy) is 2. The molecule has 1 fully saturated rings. The highest BCUT2D eigenvalue weighted by atomic mass is 32.2. The van der Waals surface area contributed by atoms with E-state index in [1.807, 2.05) is 48.7 Å². The number of aromatic nitrogens is 1. The van der Waals surface area contributed by atoms with E-state index >= 15 is 0 Å². The highest BCUT2D eigenvalue weighted by molar-refractivity contribution is 8.19. The van der Waals surface area contributed by atoms with Crippen molar-refractivity contribution in [3.05, 3.63) is 80.6 Å². The summed E-state index contributed by atoms with van der Waals surface area (Å²) in [6, 6.07) is 13.7. The van der Waals surface area contributed by atoms with Crippen LogP contribution in [0.25, 0.3) is 6.08 Å². The Labute approximate surface area is 183 Å². The molecular weight excluding hydrogens is 416 g/mol. The van der Waals surface area contributed by atoms with Gasteiger partial charge in [-0.3, -0.25) is 10.2 Å². The molecule has 7 heteroatoms. The quantitative estimate of drug-likeness (QED) is 0.520. The topological polar surface area (TPSA) is 72.3 Å². The van der Waals surface area contributed by atoms with Crippen LogP contribution in [0.1, 0.15) is 27.6 Å². The molecule has 0 saturated carbocycles. The van der Waals surface area contributed by atoms with E-state index in [1.54, 1.807) is 19.4 Å². The van der Waals surface area contributed by atoms with Crippen LogP contribution >= 0.6 is 23.1 Å². The van der Waals surface area contributed by atoms with Crippen molar-refractivity contribution in [1.29, 1.82) is 5.41 Å². The maximum Gasteiger partial charge on any atom is 0.186 e. The number of ketones is 1. The summed E-state index contributed by atoms with van der Waals surface area (Å²) in [6.07, 6.45) is 3.45. The van der Waals surface area contributed by atoms with Crippen molar-refractivity contribution >= 4 is 40.0 Å². The monoisotopic (exact) mass is 436 g/mol. The third-order valence-corrected chi connectivity index (χ3v) is 6.48. The molecule has 1 saturated heterocycles. The van der Waals surface area contributed by atoms with Crippen LogP contribution in [0.5, 0.6) is 11.5 Å². The number of thiazole rings is 1. The van der Waals surface area contributed by atoms with Gasteiger partial charge in [-0.05, 0) is 36.3 Å². The van der Waals surface area contributed by atoms with Crippen LogP contribution in [-0.2, 0) is 11.4 Å². The number of Topliss-reactive ketones (excluding diaryl/α,β-unsaturated/α-hetero) is 1. The molecule has 2 heterocycles. The maximum atomic E-state index is 12.8. The highest BCUT2D eigenvalue weighted by Gasteiger charge is 2.38. The van der Waals surface area contributed by atoms with E-state index in [9.17, 15) is 4.79 Å². The first-order valence-corrected chi connectivity index (χ1v) is 11.0. The fourth-order valence-electron chi connectivity index (χ4n) is 3.20. The SMILES string of the molecule is COc1cc(C=C2SC(=N)C(c3nccs3)C2=O)ccc1OCc1cccc(C)c1. The first-order chi connectivity index (χ1) is 14.5. The zero-order valence-electron chi connectivity index (χ0n) is 16.5. The van der Waals surface area contributed by atoms with E-state index in [0.29, 0.717) is 33.1 Å². The van der Waals surface area contributed by atoms with Crippen LogP contribution in [0, 0.1) is 12.3 Å². The average molecular weight is 437 g/mol. The summed E-state index contributed by atoms with van der Waals surface area (Å²) in [6.45, 7) is 2.49. The summed E-state index contributed by atoms with van der Waals surface area (Å²) in [5.74, 6) is 0.567. The number of aryl methyl sites for hydroxylation is 1. The molecule has 3 aromatic rings. The minimum Gasteiger partial charge on any atom is -0.493 e. The highest BCUT2D eigenvalue weighted by Crippen LogP contribution is 2.41. The zero-order valence-corrected chi connectivity index (χ0v) is 18.2. The summed E-state index contributed by atoms with van der Waals surface area (Å²) >= 11 is 2.59. The Morgan fingerprint density at radius 2 is 2.07 bits per heavy atom. The fourth-order valence-corrected chi connectivity index (χ4v) is 5.00. The van der Waals surface area contributed by atoms with Gasteiger partial charge in [0, 0.05) is 11.6 Å². The maximum absolute atomic E-state index is 12.8. The molecule has 1 N–H and O–H groups in total. The van der Waals surface area contributed by atoms with Crippen LogP contribution < -0.4 is 9.47 Å². The summed E-state index contributed by atoms with van der Waals surface area (Å²) in [7, 11) is 1.59. The van der Waals surface area contributed by atoms with E-state index < -0.39 is 5.92 Å². The van der Waals surface area contributed by atoms with E-state index in [4.69, 9.17) is 14.9 Å². The van der Waals surface area contributed by atoms with Gasteiger partial charge >= 0.3 is 0 Å². The smallest absolute Gasteiger partial charge is 0.186 e. The minimum atomic E-state index is -0.583. The lowest BCUT2D eigenvalue weighted by Crippen LogP contribution is -2.11. The molecule has 1 unspecified atom stereocenters. The Hall–Kier alpha value is -2.90. The molecule has 0 amide bonds. The van der Waals surface area contributed by atoms with Crippen LogP contribution in [0.15, 0.2) is 58.9 Å². The summed E-state index contributed by atoms with van der Waals surface area (Å²) in [4.78, 5) is 17.6. The molecule has 1 atom stereocenters. The van der Waals surface area contributed by atoms with E-state index in [-0.39, 0.29) is 5.78 Å². The minimum absolute atomic E-state index is 0.0845. The standard InChI is InChI=1S/C23H20N2O3S2/c1-14-4-3-5-16(10-14)13-28-17-7-6-15(11-18(17)27-2)12-19-21(26)20(22(24)30-19)23-25-8-9-29-23/h3-12,20,24H,13H2,1-2H3. The number of rotatable bonds is 6. The summed E-state index contributed by atoms with van der Waals surface area (Å²) in [5, 5.41) is 11.0. The van der Waals surface area contributed by atoms with Crippen molar-refractivity contribution in [2.75, 3.05) is 7.11 Å². The van der Waals surface area contributed by atoms with E-state index in [1.165, 1.54) is 28.7 Å². The van der Waals surface area contributed by atoms with E-state index in [0.717, 1.165) is 11.1 Å². The van der Waals surface area contributed by atoms with Gasteiger partial charge in [-0.2, -0.15) is 0 Å². The molecule has 1 aliphatic heterocycles. The second kappa shape index (κ2) is 8.85. The molecule has 1 aromatic heterocycles. The number of benzene rings is 2. The predicted molar refractivity (Wildman–Crippen MR) is 122 cm³/mol. The molecule has 0 bridgehead atoms. The van der Waals surface area contributed by atoms with Crippen molar-refractivity contribution in [2.45, 2.75) is 19.4 Å². The molecular formula is C23H20N2O3S2. The van der Waals surface area contributed by atoms with Gasteiger partial charge in [0.15, 0.2) is 17.3 Å². The van der Waals surface area contributed by atoms with Crippen molar-refractivity contribution in [1.82, 2.24) is 4.98 Å². The molecule has 152 valence electrons. The van der Waals surface area contributed by atoms with Crippen molar-refractivity contribution in [2.24, 2.45) is 0 Å². The fraction of sp³-hybridized carbons (Fsp3) is 0.174. The molecule has 1 aliphatic rings. The number of nitrogens with one attached hydrogen (secondary N) is 1. The lowest BCUT2D eigenvalue weighted by molar-refractivity contribution is -0.114. The van der Waals surface area contributed by atoms with E-state index in [2.05, 4.69) is 11.1 Å². The van der Waals surface area contributed by atoms with Crippen LogP contribution in [0.3, 0.4) is 0 Å². The number of nitrogens with zero attached hydrogens (tertiary/aromatic N) is 1. The molecule has 0 spiro atoms. The second-order valence-corrected chi connectivity index (χ2v) is 8.84. The van der Waals surface area contributed by atoms with Gasteiger partial charge in [0.05, 0.1) is 17.1 Å². The Kier molecular flexibility index (Phi) is 6.01. The first-order valence-electron chi connectivity index (χ1n) is 9.33. The number of hydrogen-bond acceptors (Lipinski definition) is 7. The molecule has 0 aliphatic carbocycles. The molecule has 30 heavy (non-hydrogen) atoms. The van der Waals surface area contributed by atoms with Gasteiger partial charge in [0.1, 0.15) is 17.5 Å². The summed E-state index contributed by atoms with van der Waals surface area (Å²) < 4.78 is 11.4. The van der Waals surface area contributed by atoms with Crippen molar-refractivity contribution in [3.8, 4) is 11.5 Å². The number of methoxy groups -OCH3 is 1. The Morgan fingerprint density at radius 3 is 2.80 bits per heavy atom. The third kappa shape index (κ3) is 4.32. The van der Waals surface area contributed by atoms with Crippen molar-refractivity contribution < 1.29 is 14.3 Å². The van der Waals surface area contributed by atoms with Crippen LogP contribution in [0.2, 0.25) is 0 Å². The van der Waals surface area contributed by atoms with Crippen LogP contribution in [-0.4, -0.2) is 22.9 Å². The lowest BCUT2D eigenvalue weighted by atomic mass is 10.0. The Balaban J connectivity index is 1.53. The zero-order chi connectivity index (χ0) is 21.1. The van der Waals surface area contributed by atoms with Crippen molar-refractivity contribution in [3.63, 3.8) is 0 Å². The van der Waals surface area contributed by atoms with Gasteiger partial charge in [-0.25, -0.2) is 4.98 Å². The molecule has 4 rings (SSSR count). The second-order valence-electron chi connectivity index (χ2n) is 6.83. The van der Waals surface area contributed by atoms with Gasteiger partial charge in [0.2, 0.25) is 0 Å². The molecule has 2 aromatic carbocycles. The normalized spacial score (nSPS) is 17.5. The Bertz CT molecular complexity index is 1120. The van der Waals surface area contributed by atoms with Gasteiger partial charge in [-0.1, -0.05) is 47.7 Å². The number of carbonyl (C=O) groups excluding carboxylic acids is 1. The molecule has 5 nitrogen and oxygen atoms in total. The number of carbonyl (C=O) groups is 1. The molecule has 0 radical (unpaired) electrons. The van der Waals surface area contributed by atoms with Gasteiger partial charge < -0.3 is 9.47 Å². The predicted octanol–water partition coefficient (Wildman–Crippen LogP) is 5.46. The van der Waals surface area contributed by atoms with Gasteiger partial charge in [-0.15, -0.1) is 11.3 Å². The average Bonchev–Trinajstić information content (AvgIpc) is 3.35.